The molecule has 6 nitrogen and oxygen atoms in total. The molecule has 21 heavy (non-hydrogen) atoms. The van der Waals surface area contributed by atoms with Gasteiger partial charge in [0.1, 0.15) is 23.2 Å². The van der Waals surface area contributed by atoms with Crippen molar-refractivity contribution in [2.24, 2.45) is 0 Å². The van der Waals surface area contributed by atoms with E-state index < -0.39 is 46.9 Å². The van der Waals surface area contributed by atoms with E-state index in [9.17, 15) is 19.4 Å². The highest BCUT2D eigenvalue weighted by molar-refractivity contribution is 8.01. The van der Waals surface area contributed by atoms with Crippen molar-refractivity contribution in [2.75, 3.05) is 6.61 Å². The van der Waals surface area contributed by atoms with Crippen LogP contribution in [0.5, 0.6) is 0 Å². The molecule has 1 aliphatic heterocycles. The van der Waals surface area contributed by atoms with Crippen molar-refractivity contribution in [1.82, 2.24) is 4.90 Å². The van der Waals surface area contributed by atoms with E-state index in [1.165, 1.54) is 0 Å². The van der Waals surface area contributed by atoms with Crippen molar-refractivity contribution >= 4 is 17.9 Å². The Hall–Kier alpha value is -0.570. The summed E-state index contributed by atoms with van der Waals surface area (Å²) in [7, 11) is 0. The molecule has 0 saturated carbocycles. The second-order valence-electron chi connectivity index (χ2n) is 6.49. The first-order valence-electron chi connectivity index (χ1n) is 6.72. The average Bonchev–Trinajstić information content (AvgIpc) is 2.54. The molecule has 0 aromatic heterocycles. The smallest absolute Gasteiger partial charge is 0.411 e. The fourth-order valence-electron chi connectivity index (χ4n) is 2.20. The Balaban J connectivity index is 3.06. The molecule has 1 amide bonds. The third kappa shape index (κ3) is 4.21. The Morgan fingerprint density at radius 2 is 2.00 bits per heavy atom. The fraction of sp³-hybridized carbons (Fsp3) is 0.923. The SMILES string of the molecule is CC(C)(C)OC(=O)N1[C@H]([C@@H](O)[C@H](F)CO)[C@@H](O)SC1(C)C. The Morgan fingerprint density at radius 1 is 1.48 bits per heavy atom. The van der Waals surface area contributed by atoms with E-state index in [0.29, 0.717) is 0 Å². The van der Waals surface area contributed by atoms with Crippen LogP contribution in [0, 0.1) is 0 Å². The minimum absolute atomic E-state index is 0.745. The largest absolute Gasteiger partial charge is 0.444 e. The number of rotatable bonds is 3. The number of hydrogen-bond acceptors (Lipinski definition) is 6. The van der Waals surface area contributed by atoms with Crippen molar-refractivity contribution in [3.8, 4) is 0 Å². The molecule has 124 valence electrons. The Bertz CT molecular complexity index is 387. The van der Waals surface area contributed by atoms with Gasteiger partial charge in [0.2, 0.25) is 0 Å². The molecule has 0 spiro atoms. The van der Waals surface area contributed by atoms with Crippen LogP contribution in [-0.2, 0) is 4.74 Å². The van der Waals surface area contributed by atoms with Crippen molar-refractivity contribution in [1.29, 1.82) is 0 Å². The molecule has 0 unspecified atom stereocenters. The Kier molecular flexibility index (Phi) is 5.52. The van der Waals surface area contributed by atoms with E-state index in [1.807, 2.05) is 0 Å². The minimum atomic E-state index is -1.95. The van der Waals surface area contributed by atoms with Gasteiger partial charge in [-0.05, 0) is 34.6 Å². The predicted molar refractivity (Wildman–Crippen MR) is 77.5 cm³/mol. The lowest BCUT2D eigenvalue weighted by molar-refractivity contribution is -0.0588. The number of ether oxygens (including phenoxy) is 1. The topological polar surface area (TPSA) is 90.2 Å². The van der Waals surface area contributed by atoms with Crippen LogP contribution in [-0.4, -0.2) is 67.1 Å². The van der Waals surface area contributed by atoms with Gasteiger partial charge in [-0.3, -0.25) is 4.90 Å². The number of halogens is 1. The van der Waals surface area contributed by atoms with Gasteiger partial charge in [-0.25, -0.2) is 9.18 Å². The molecule has 1 saturated heterocycles. The summed E-state index contributed by atoms with van der Waals surface area (Å²) in [5.41, 5.74) is -1.93. The van der Waals surface area contributed by atoms with Crippen LogP contribution in [0.2, 0.25) is 0 Å². The highest BCUT2D eigenvalue weighted by Crippen LogP contribution is 2.45. The van der Waals surface area contributed by atoms with Crippen molar-refractivity contribution in [3.05, 3.63) is 0 Å². The zero-order valence-corrected chi connectivity index (χ0v) is 13.7. The summed E-state index contributed by atoms with van der Waals surface area (Å²) in [6.07, 6.45) is -4.40. The number of amides is 1. The Morgan fingerprint density at radius 3 is 2.43 bits per heavy atom. The summed E-state index contributed by atoms with van der Waals surface area (Å²) in [5.74, 6) is 0. The number of aliphatic hydroxyl groups excluding tert-OH is 3. The van der Waals surface area contributed by atoms with Crippen LogP contribution in [0.3, 0.4) is 0 Å². The molecule has 0 radical (unpaired) electrons. The lowest BCUT2D eigenvalue weighted by atomic mass is 10.0. The number of carbonyl (C=O) groups is 1. The van der Waals surface area contributed by atoms with Gasteiger partial charge in [0, 0.05) is 0 Å². The van der Waals surface area contributed by atoms with Crippen molar-refractivity contribution in [3.63, 3.8) is 0 Å². The fourth-order valence-corrected chi connectivity index (χ4v) is 3.53. The number of hydrogen-bond donors (Lipinski definition) is 3. The third-order valence-electron chi connectivity index (χ3n) is 3.06. The maximum atomic E-state index is 13.6. The lowest BCUT2D eigenvalue weighted by Crippen LogP contribution is -2.56. The van der Waals surface area contributed by atoms with Crippen LogP contribution in [0.1, 0.15) is 34.6 Å². The first-order valence-corrected chi connectivity index (χ1v) is 7.60. The summed E-state index contributed by atoms with van der Waals surface area (Å²) in [5, 5.41) is 28.9. The number of aliphatic hydroxyl groups is 3. The molecular formula is C13H24FNO5S. The highest BCUT2D eigenvalue weighted by Gasteiger charge is 2.54. The molecular weight excluding hydrogens is 301 g/mol. The minimum Gasteiger partial charge on any atom is -0.444 e. The molecule has 1 fully saturated rings. The van der Waals surface area contributed by atoms with Crippen LogP contribution < -0.4 is 0 Å². The van der Waals surface area contributed by atoms with Gasteiger partial charge in [0.15, 0.2) is 6.17 Å². The van der Waals surface area contributed by atoms with E-state index in [2.05, 4.69) is 0 Å². The highest BCUT2D eigenvalue weighted by atomic mass is 32.2. The van der Waals surface area contributed by atoms with Gasteiger partial charge >= 0.3 is 6.09 Å². The van der Waals surface area contributed by atoms with E-state index in [-0.39, 0.29) is 0 Å². The molecule has 0 aromatic rings. The first-order chi connectivity index (χ1) is 9.40. The number of carbonyl (C=O) groups excluding carboxylic acids is 1. The summed E-state index contributed by atoms with van der Waals surface area (Å²) in [6, 6.07) is -1.19. The number of alkyl halides is 1. The van der Waals surface area contributed by atoms with Gasteiger partial charge in [-0.15, -0.1) is 11.8 Å². The predicted octanol–water partition coefficient (Wildman–Crippen LogP) is 1.08. The summed E-state index contributed by atoms with van der Waals surface area (Å²) < 4.78 is 18.8. The molecule has 3 N–H and O–H groups in total. The van der Waals surface area contributed by atoms with E-state index in [0.717, 1.165) is 16.7 Å². The van der Waals surface area contributed by atoms with Gasteiger partial charge in [-0.2, -0.15) is 0 Å². The maximum Gasteiger partial charge on any atom is 0.411 e. The second kappa shape index (κ2) is 6.28. The normalized spacial score (nSPS) is 28.3. The van der Waals surface area contributed by atoms with Gasteiger partial charge in [-0.1, -0.05) is 0 Å². The first kappa shape index (κ1) is 18.5. The molecule has 0 aromatic carbocycles. The summed E-state index contributed by atoms with van der Waals surface area (Å²) >= 11 is 1.02. The van der Waals surface area contributed by atoms with E-state index in [1.54, 1.807) is 34.6 Å². The summed E-state index contributed by atoms with van der Waals surface area (Å²) in [6.45, 7) is 7.52. The average molecular weight is 325 g/mol. The zero-order chi connectivity index (χ0) is 16.6. The standard InChI is InChI=1S/C13H24FNO5S/c1-12(2,3)20-11(19)15-8(9(17)7(14)6-16)10(18)21-13(15,4)5/h7-10,16-18H,6H2,1-5H3/t7-,8-,9+,10+/m1/s1. The zero-order valence-electron chi connectivity index (χ0n) is 12.9. The van der Waals surface area contributed by atoms with Crippen molar-refractivity contribution in [2.45, 2.75) is 68.8 Å². The summed E-state index contributed by atoms with van der Waals surface area (Å²) in [4.78, 5) is 12.6. The monoisotopic (exact) mass is 325 g/mol. The molecule has 4 atom stereocenters. The van der Waals surface area contributed by atoms with Gasteiger partial charge in [0.25, 0.3) is 0 Å². The molecule has 8 heteroatoms. The van der Waals surface area contributed by atoms with Crippen LogP contribution >= 0.6 is 11.8 Å². The van der Waals surface area contributed by atoms with Gasteiger partial charge in [0.05, 0.1) is 11.5 Å². The quantitative estimate of drug-likeness (QED) is 0.719. The van der Waals surface area contributed by atoms with Crippen LogP contribution in [0.4, 0.5) is 9.18 Å². The van der Waals surface area contributed by atoms with Gasteiger partial charge < -0.3 is 20.1 Å². The molecule has 1 heterocycles. The molecule has 0 bridgehead atoms. The molecule has 0 aliphatic carbocycles. The van der Waals surface area contributed by atoms with Crippen molar-refractivity contribution < 1.29 is 29.2 Å². The van der Waals surface area contributed by atoms with E-state index in [4.69, 9.17) is 9.84 Å². The van der Waals surface area contributed by atoms with E-state index >= 15 is 0 Å². The molecule has 1 aliphatic rings. The Labute approximate surface area is 128 Å². The lowest BCUT2D eigenvalue weighted by Gasteiger charge is -2.37. The maximum absolute atomic E-state index is 13.6. The third-order valence-corrected chi connectivity index (χ3v) is 4.36. The molecule has 1 rings (SSSR count). The number of thioether (sulfide) groups is 1. The van der Waals surface area contributed by atoms with Crippen LogP contribution in [0.15, 0.2) is 0 Å². The second-order valence-corrected chi connectivity index (χ2v) is 8.20. The number of nitrogens with zero attached hydrogens (tertiary/aromatic N) is 1. The van der Waals surface area contributed by atoms with Crippen LogP contribution in [0.25, 0.3) is 0 Å².